The molecule has 2 unspecified atom stereocenters. The molecule has 2 atom stereocenters. The maximum absolute atomic E-state index is 13.8. The Kier molecular flexibility index (Phi) is 9.29. The highest BCUT2D eigenvalue weighted by Gasteiger charge is 2.44. The van der Waals surface area contributed by atoms with Crippen LogP contribution in [0.1, 0.15) is 48.2 Å². The number of carbonyl (C=O) groups excluding carboxylic acids is 2. The van der Waals surface area contributed by atoms with E-state index in [2.05, 4.69) is 23.6 Å². The van der Waals surface area contributed by atoms with Crippen LogP contribution in [0.2, 0.25) is 0 Å². The van der Waals surface area contributed by atoms with Gasteiger partial charge in [0, 0.05) is 23.6 Å². The molecule has 0 fully saturated rings. The normalized spacial score (nSPS) is 17.0. The number of hydrogen-bond acceptors (Lipinski definition) is 3. The lowest BCUT2D eigenvalue weighted by Gasteiger charge is -2.38. The van der Waals surface area contributed by atoms with Gasteiger partial charge in [0.05, 0.1) is 17.4 Å². The summed E-state index contributed by atoms with van der Waals surface area (Å²) in [4.78, 5) is 28.5. The van der Waals surface area contributed by atoms with Crippen LogP contribution in [0.25, 0.3) is 5.69 Å². The molecule has 204 valence electrons. The third-order valence-electron chi connectivity index (χ3n) is 6.19. The monoisotopic (exact) mass is 536 g/mol. The second-order valence-electron chi connectivity index (χ2n) is 8.37. The average Bonchev–Trinajstić information content (AvgIpc) is 3.38. The highest BCUT2D eigenvalue weighted by molar-refractivity contribution is 6.05. The number of anilines is 1. The molecule has 0 saturated carbocycles. The van der Waals surface area contributed by atoms with E-state index in [-0.39, 0.29) is 12.1 Å². The van der Waals surface area contributed by atoms with Crippen LogP contribution in [0.4, 0.5) is 19.0 Å². The number of amides is 2. The lowest BCUT2D eigenvalue weighted by molar-refractivity contribution is -0.137. The molecule has 0 saturated heterocycles. The van der Waals surface area contributed by atoms with Crippen LogP contribution in [0.5, 0.6) is 0 Å². The zero-order valence-corrected chi connectivity index (χ0v) is 22.1. The number of nitrogens with one attached hydrogen (secondary N) is 1. The molecule has 2 aromatic carbocycles. The first kappa shape index (κ1) is 29.2. The first-order valence-electron chi connectivity index (χ1n) is 12.6. The summed E-state index contributed by atoms with van der Waals surface area (Å²) in [5.41, 5.74) is 0.845. The molecular formula is C30H31F3N4O2. The van der Waals surface area contributed by atoms with Gasteiger partial charge in [0.15, 0.2) is 0 Å². The molecule has 2 amide bonds. The summed E-state index contributed by atoms with van der Waals surface area (Å²) in [6, 6.07) is 12.3. The molecule has 3 aromatic rings. The van der Waals surface area contributed by atoms with E-state index in [1.165, 1.54) is 11.0 Å². The minimum atomic E-state index is -4.61. The Morgan fingerprint density at radius 1 is 1.10 bits per heavy atom. The highest BCUT2D eigenvalue weighted by atomic mass is 19.4. The maximum atomic E-state index is 13.8. The number of alkyl halides is 3. The molecule has 0 radical (unpaired) electrons. The van der Waals surface area contributed by atoms with Crippen LogP contribution in [0.15, 0.2) is 97.8 Å². The van der Waals surface area contributed by atoms with Crippen molar-refractivity contribution in [2.45, 2.75) is 38.9 Å². The summed E-state index contributed by atoms with van der Waals surface area (Å²) in [5.74, 6) is -1.38. The molecule has 0 aliphatic carbocycles. The van der Waals surface area contributed by atoms with Crippen molar-refractivity contribution in [3.8, 4) is 5.69 Å². The number of allylic oxidation sites excluding steroid dienone is 3. The molecule has 1 N–H and O–H groups in total. The number of rotatable bonds is 7. The molecule has 1 aromatic heterocycles. The van der Waals surface area contributed by atoms with Gasteiger partial charge in [0.25, 0.3) is 11.8 Å². The fourth-order valence-corrected chi connectivity index (χ4v) is 4.52. The molecule has 39 heavy (non-hydrogen) atoms. The largest absolute Gasteiger partial charge is 0.416 e. The van der Waals surface area contributed by atoms with Crippen LogP contribution >= 0.6 is 0 Å². The van der Waals surface area contributed by atoms with Gasteiger partial charge in [0.1, 0.15) is 11.9 Å². The summed E-state index contributed by atoms with van der Waals surface area (Å²) < 4.78 is 41.3. The number of hydrogen-bond donors (Lipinski definition) is 1. The van der Waals surface area contributed by atoms with E-state index in [9.17, 15) is 22.8 Å². The second-order valence-corrected chi connectivity index (χ2v) is 8.37. The minimum Gasteiger partial charge on any atom is -0.339 e. The second kappa shape index (κ2) is 12.4. The highest BCUT2D eigenvalue weighted by Crippen LogP contribution is 2.42. The fraction of sp³-hybridized carbons (Fsp3) is 0.233. The third-order valence-corrected chi connectivity index (χ3v) is 6.19. The summed E-state index contributed by atoms with van der Waals surface area (Å²) >= 11 is 0. The van der Waals surface area contributed by atoms with E-state index < -0.39 is 35.5 Å². The number of para-hydroxylation sites is 1. The number of benzene rings is 2. The van der Waals surface area contributed by atoms with Crippen molar-refractivity contribution in [2.75, 3.05) is 11.4 Å². The van der Waals surface area contributed by atoms with Gasteiger partial charge in [-0.25, -0.2) is 4.68 Å². The standard InChI is InChI=1S/C28H25F3N4O2.C2H6/c1-4-11-18(5-2)23-22-17-32-35(21-14-8-7-9-15-21)26(22)34(6-3)27(37)24(23)33-25(36)19-12-10-13-20(16-19)28(29,30)31;1-2/h4-5,7-17,23-24H,1-2,6H2,3H3,(H,33,36);1-2H3/b18-11+;. The van der Waals surface area contributed by atoms with Crippen LogP contribution < -0.4 is 10.2 Å². The summed E-state index contributed by atoms with van der Waals surface area (Å²) in [7, 11) is 0. The molecule has 2 heterocycles. The minimum absolute atomic E-state index is 0.206. The van der Waals surface area contributed by atoms with Crippen LogP contribution in [-0.2, 0) is 11.0 Å². The SMILES string of the molecule is C=C/C=C(\C=C)C1c2cnn(-c3ccccc3)c2N(CC)C(=O)C1NC(=O)c1cccc(C(F)(F)F)c1.CC. The number of fused-ring (bicyclic) bond motifs is 1. The van der Waals surface area contributed by atoms with E-state index in [1.54, 1.807) is 36.0 Å². The number of halogens is 3. The van der Waals surface area contributed by atoms with Crippen molar-refractivity contribution >= 4 is 17.6 Å². The average molecular weight is 537 g/mol. The molecule has 0 spiro atoms. The Labute approximate surface area is 226 Å². The van der Waals surface area contributed by atoms with Crippen LogP contribution in [0, 0.1) is 0 Å². The van der Waals surface area contributed by atoms with Crippen molar-refractivity contribution in [3.05, 3.63) is 114 Å². The zero-order chi connectivity index (χ0) is 28.7. The van der Waals surface area contributed by atoms with Crippen molar-refractivity contribution in [1.29, 1.82) is 0 Å². The van der Waals surface area contributed by atoms with Gasteiger partial charge in [-0.05, 0) is 42.8 Å². The topological polar surface area (TPSA) is 67.2 Å². The van der Waals surface area contributed by atoms with Gasteiger partial charge < -0.3 is 5.32 Å². The molecular weight excluding hydrogens is 505 g/mol. The number of likely N-dealkylation sites (N-methyl/N-ethyl adjacent to an activating group) is 1. The molecule has 4 rings (SSSR count). The Hall–Kier alpha value is -4.40. The molecule has 9 heteroatoms. The molecule has 6 nitrogen and oxygen atoms in total. The predicted octanol–water partition coefficient (Wildman–Crippen LogP) is 6.46. The van der Waals surface area contributed by atoms with Crippen LogP contribution in [0.3, 0.4) is 0 Å². The molecule has 1 aliphatic rings. The Morgan fingerprint density at radius 3 is 2.38 bits per heavy atom. The molecule has 1 aliphatic heterocycles. The lowest BCUT2D eigenvalue weighted by Crippen LogP contribution is -2.55. The van der Waals surface area contributed by atoms with Gasteiger partial charge in [-0.3, -0.25) is 14.5 Å². The maximum Gasteiger partial charge on any atom is 0.416 e. The lowest BCUT2D eigenvalue weighted by atomic mass is 9.81. The van der Waals surface area contributed by atoms with Crippen molar-refractivity contribution in [2.24, 2.45) is 0 Å². The van der Waals surface area contributed by atoms with E-state index in [4.69, 9.17) is 0 Å². The quantitative estimate of drug-likeness (QED) is 0.352. The summed E-state index contributed by atoms with van der Waals surface area (Å²) in [6.45, 7) is 13.7. The fourth-order valence-electron chi connectivity index (χ4n) is 4.52. The Bertz CT molecular complexity index is 1380. The van der Waals surface area contributed by atoms with Gasteiger partial charge in [-0.1, -0.05) is 69.5 Å². The smallest absolute Gasteiger partial charge is 0.339 e. The van der Waals surface area contributed by atoms with E-state index in [0.717, 1.165) is 23.9 Å². The van der Waals surface area contributed by atoms with Gasteiger partial charge in [-0.15, -0.1) is 0 Å². The van der Waals surface area contributed by atoms with Crippen molar-refractivity contribution in [1.82, 2.24) is 15.1 Å². The predicted molar refractivity (Wildman–Crippen MR) is 147 cm³/mol. The number of nitrogens with zero attached hydrogens (tertiary/aromatic N) is 3. The van der Waals surface area contributed by atoms with Crippen molar-refractivity contribution in [3.63, 3.8) is 0 Å². The molecule has 0 bridgehead atoms. The summed E-state index contributed by atoms with van der Waals surface area (Å²) in [6.07, 6.45) is 1.81. The summed E-state index contributed by atoms with van der Waals surface area (Å²) in [5, 5.41) is 7.22. The third kappa shape index (κ3) is 5.87. The van der Waals surface area contributed by atoms with Gasteiger partial charge >= 0.3 is 6.18 Å². The number of carbonyl (C=O) groups is 2. The zero-order valence-electron chi connectivity index (χ0n) is 22.1. The first-order valence-corrected chi connectivity index (χ1v) is 12.6. The van der Waals surface area contributed by atoms with Gasteiger partial charge in [0.2, 0.25) is 0 Å². The Morgan fingerprint density at radius 2 is 1.79 bits per heavy atom. The van der Waals surface area contributed by atoms with Gasteiger partial charge in [-0.2, -0.15) is 18.3 Å². The number of aromatic nitrogens is 2. The van der Waals surface area contributed by atoms with E-state index >= 15 is 0 Å². The van der Waals surface area contributed by atoms with Crippen molar-refractivity contribution < 1.29 is 22.8 Å². The van der Waals surface area contributed by atoms with Crippen LogP contribution in [-0.4, -0.2) is 34.2 Å². The Balaban J connectivity index is 0.00000205. The van der Waals surface area contributed by atoms with E-state index in [1.807, 2.05) is 44.2 Å². The first-order chi connectivity index (χ1) is 18.7. The van der Waals surface area contributed by atoms with E-state index in [0.29, 0.717) is 17.0 Å².